The first kappa shape index (κ1) is 8.77. The van der Waals surface area contributed by atoms with Crippen molar-refractivity contribution in [2.75, 3.05) is 5.73 Å². The maximum atomic E-state index is 5.40. The van der Waals surface area contributed by atoms with Crippen LogP contribution in [-0.2, 0) is 6.54 Å². The van der Waals surface area contributed by atoms with E-state index in [1.807, 2.05) is 0 Å². The Kier molecular flexibility index (Phi) is 2.85. The predicted octanol–water partition coefficient (Wildman–Crippen LogP) is 1.22. The van der Waals surface area contributed by atoms with Crippen LogP contribution in [0.2, 0.25) is 0 Å². The summed E-state index contributed by atoms with van der Waals surface area (Å²) in [6, 6.07) is 0. The molecule has 0 aliphatic carbocycles. The first-order valence-electron chi connectivity index (χ1n) is 3.97. The van der Waals surface area contributed by atoms with Crippen molar-refractivity contribution in [3.8, 4) is 0 Å². The molecule has 0 aliphatic heterocycles. The highest BCUT2D eigenvalue weighted by atomic mass is 15.4. The number of nitrogens with zero attached hydrogens (tertiary/aromatic N) is 3. The van der Waals surface area contributed by atoms with Gasteiger partial charge in [-0.25, -0.2) is 0 Å². The maximum absolute atomic E-state index is 5.40. The summed E-state index contributed by atoms with van der Waals surface area (Å²) in [5.74, 6) is 0.479. The first-order valence-corrected chi connectivity index (χ1v) is 3.97. The first-order chi connectivity index (χ1) is 5.68. The Bertz CT molecular complexity index is 270. The summed E-state index contributed by atoms with van der Waals surface area (Å²) < 4.78 is 1.74. The number of allylic oxidation sites excluding steroid dienone is 2. The van der Waals surface area contributed by atoms with Crippen LogP contribution in [0.1, 0.15) is 20.3 Å². The Balaban J connectivity index is 2.38. The highest BCUT2D eigenvalue weighted by Crippen LogP contribution is 1.97. The molecule has 4 nitrogen and oxygen atoms in total. The normalized spacial score (nSPS) is 9.83. The number of nitrogen functional groups attached to an aromatic ring is 1. The number of hydrogen-bond acceptors (Lipinski definition) is 3. The molecule has 0 atom stereocenters. The molecule has 1 aromatic heterocycles. The highest BCUT2D eigenvalue weighted by Gasteiger charge is 1.93. The fourth-order valence-corrected chi connectivity index (χ4v) is 0.908. The van der Waals surface area contributed by atoms with Crippen LogP contribution < -0.4 is 5.73 Å². The Morgan fingerprint density at radius 1 is 1.67 bits per heavy atom. The molecule has 0 amide bonds. The Morgan fingerprint density at radius 3 is 2.92 bits per heavy atom. The second kappa shape index (κ2) is 3.90. The van der Waals surface area contributed by atoms with Gasteiger partial charge < -0.3 is 5.73 Å². The monoisotopic (exact) mass is 166 g/mol. The summed E-state index contributed by atoms with van der Waals surface area (Å²) in [4.78, 5) is 0. The summed E-state index contributed by atoms with van der Waals surface area (Å²) in [6.07, 6.45) is 4.88. The largest absolute Gasteiger partial charge is 0.381 e. The minimum absolute atomic E-state index is 0.479. The fourth-order valence-electron chi connectivity index (χ4n) is 0.908. The molecule has 0 bridgehead atoms. The lowest BCUT2D eigenvalue weighted by molar-refractivity contribution is 0.595. The van der Waals surface area contributed by atoms with E-state index in [0.29, 0.717) is 5.82 Å². The fraction of sp³-hybridized carbons (Fsp3) is 0.500. The summed E-state index contributed by atoms with van der Waals surface area (Å²) in [5, 5.41) is 7.51. The lowest BCUT2D eigenvalue weighted by atomic mass is 10.3. The van der Waals surface area contributed by atoms with Crippen LogP contribution in [0.15, 0.2) is 17.8 Å². The highest BCUT2D eigenvalue weighted by molar-refractivity contribution is 5.19. The van der Waals surface area contributed by atoms with Crippen LogP contribution in [0.3, 0.4) is 0 Å². The SMILES string of the molecule is CC(C)=CCCn1cc(N)nn1. The Morgan fingerprint density at radius 2 is 2.42 bits per heavy atom. The predicted molar refractivity (Wildman–Crippen MR) is 48.5 cm³/mol. The molecule has 66 valence electrons. The van der Waals surface area contributed by atoms with Crippen molar-refractivity contribution < 1.29 is 0 Å². The van der Waals surface area contributed by atoms with Crippen molar-refractivity contribution in [1.82, 2.24) is 15.0 Å². The molecule has 0 fully saturated rings. The molecule has 1 rings (SSSR count). The van der Waals surface area contributed by atoms with Gasteiger partial charge in [0.15, 0.2) is 5.82 Å². The van der Waals surface area contributed by atoms with Gasteiger partial charge in [0.1, 0.15) is 0 Å². The number of anilines is 1. The maximum Gasteiger partial charge on any atom is 0.165 e. The number of aryl methyl sites for hydroxylation is 1. The van der Waals surface area contributed by atoms with E-state index in [1.54, 1.807) is 10.9 Å². The van der Waals surface area contributed by atoms with Gasteiger partial charge in [-0.3, -0.25) is 4.68 Å². The molecule has 2 N–H and O–H groups in total. The quantitative estimate of drug-likeness (QED) is 0.687. The second-order valence-electron chi connectivity index (χ2n) is 2.98. The van der Waals surface area contributed by atoms with Crippen LogP contribution in [0, 0.1) is 0 Å². The molecule has 0 radical (unpaired) electrons. The van der Waals surface area contributed by atoms with Crippen molar-refractivity contribution in [1.29, 1.82) is 0 Å². The van der Waals surface area contributed by atoms with Crippen molar-refractivity contribution >= 4 is 5.82 Å². The molecule has 0 saturated heterocycles. The van der Waals surface area contributed by atoms with Crippen molar-refractivity contribution in [2.45, 2.75) is 26.8 Å². The zero-order valence-electron chi connectivity index (χ0n) is 7.49. The van der Waals surface area contributed by atoms with Crippen molar-refractivity contribution in [2.24, 2.45) is 0 Å². The standard InChI is InChI=1S/C8H14N4/c1-7(2)4-3-5-12-6-8(9)10-11-12/h4,6H,3,5,9H2,1-2H3. The second-order valence-corrected chi connectivity index (χ2v) is 2.98. The topological polar surface area (TPSA) is 56.7 Å². The average Bonchev–Trinajstić information content (AvgIpc) is 2.35. The molecule has 0 aromatic carbocycles. The molecular weight excluding hydrogens is 152 g/mol. The van der Waals surface area contributed by atoms with Crippen molar-refractivity contribution in [3.05, 3.63) is 17.8 Å². The lowest BCUT2D eigenvalue weighted by Crippen LogP contribution is -1.97. The molecule has 1 heterocycles. The minimum Gasteiger partial charge on any atom is -0.381 e. The van der Waals surface area contributed by atoms with Gasteiger partial charge in [0.2, 0.25) is 0 Å². The van der Waals surface area contributed by atoms with Crippen LogP contribution in [0.5, 0.6) is 0 Å². The summed E-state index contributed by atoms with van der Waals surface area (Å²) in [6.45, 7) is 5.00. The third-order valence-electron chi connectivity index (χ3n) is 1.47. The molecule has 12 heavy (non-hydrogen) atoms. The molecular formula is C8H14N4. The van der Waals surface area contributed by atoms with Gasteiger partial charge in [0.05, 0.1) is 6.20 Å². The van der Waals surface area contributed by atoms with Gasteiger partial charge in [-0.1, -0.05) is 16.9 Å². The Labute approximate surface area is 72.1 Å². The molecule has 0 aliphatic rings. The van der Waals surface area contributed by atoms with Crippen LogP contribution in [0.4, 0.5) is 5.82 Å². The third-order valence-corrected chi connectivity index (χ3v) is 1.47. The van der Waals surface area contributed by atoms with Crippen LogP contribution in [0.25, 0.3) is 0 Å². The zero-order chi connectivity index (χ0) is 8.97. The van der Waals surface area contributed by atoms with Gasteiger partial charge in [-0.05, 0) is 20.3 Å². The van der Waals surface area contributed by atoms with E-state index in [9.17, 15) is 0 Å². The summed E-state index contributed by atoms with van der Waals surface area (Å²) in [5.41, 5.74) is 6.72. The third kappa shape index (κ3) is 2.74. The van der Waals surface area contributed by atoms with E-state index in [0.717, 1.165) is 13.0 Å². The molecule has 0 spiro atoms. The van der Waals surface area contributed by atoms with Gasteiger partial charge >= 0.3 is 0 Å². The van der Waals surface area contributed by atoms with E-state index in [1.165, 1.54) is 5.57 Å². The molecule has 0 unspecified atom stereocenters. The average molecular weight is 166 g/mol. The summed E-state index contributed by atoms with van der Waals surface area (Å²) >= 11 is 0. The summed E-state index contributed by atoms with van der Waals surface area (Å²) in [7, 11) is 0. The van der Waals surface area contributed by atoms with E-state index in [4.69, 9.17) is 5.73 Å². The van der Waals surface area contributed by atoms with E-state index in [2.05, 4.69) is 30.2 Å². The van der Waals surface area contributed by atoms with Gasteiger partial charge in [-0.2, -0.15) is 0 Å². The zero-order valence-corrected chi connectivity index (χ0v) is 7.49. The lowest BCUT2D eigenvalue weighted by Gasteiger charge is -1.95. The molecule has 4 heteroatoms. The van der Waals surface area contributed by atoms with Crippen LogP contribution >= 0.6 is 0 Å². The number of rotatable bonds is 3. The number of nitrogens with two attached hydrogens (primary N) is 1. The molecule has 1 aromatic rings. The van der Waals surface area contributed by atoms with E-state index in [-0.39, 0.29) is 0 Å². The van der Waals surface area contributed by atoms with Crippen LogP contribution in [-0.4, -0.2) is 15.0 Å². The van der Waals surface area contributed by atoms with E-state index >= 15 is 0 Å². The smallest absolute Gasteiger partial charge is 0.165 e. The Hall–Kier alpha value is -1.32. The van der Waals surface area contributed by atoms with Gasteiger partial charge in [0, 0.05) is 6.54 Å². The minimum atomic E-state index is 0.479. The van der Waals surface area contributed by atoms with Crippen molar-refractivity contribution in [3.63, 3.8) is 0 Å². The molecule has 0 saturated carbocycles. The van der Waals surface area contributed by atoms with Gasteiger partial charge in [0.25, 0.3) is 0 Å². The van der Waals surface area contributed by atoms with E-state index < -0.39 is 0 Å². The van der Waals surface area contributed by atoms with Gasteiger partial charge in [-0.15, -0.1) is 5.10 Å². The number of hydrogen-bond donors (Lipinski definition) is 1. The number of aromatic nitrogens is 3.